The predicted molar refractivity (Wildman–Crippen MR) is 123 cm³/mol. The van der Waals surface area contributed by atoms with Crippen molar-refractivity contribution in [3.8, 4) is 0 Å². The van der Waals surface area contributed by atoms with E-state index in [1.54, 1.807) is 0 Å². The lowest BCUT2D eigenvalue weighted by Crippen LogP contribution is -2.57. The largest absolute Gasteiger partial charge is 0.356 e. The number of anilines is 2. The van der Waals surface area contributed by atoms with Gasteiger partial charge in [0.2, 0.25) is 5.95 Å². The van der Waals surface area contributed by atoms with Crippen molar-refractivity contribution in [1.29, 1.82) is 0 Å². The maximum atomic E-state index is 6.63. The number of hydrogen-bond acceptors (Lipinski definition) is 8. The van der Waals surface area contributed by atoms with Crippen molar-refractivity contribution in [1.82, 2.24) is 20.2 Å². The molecule has 7 nitrogen and oxygen atoms in total. The molecule has 0 aromatic carbocycles. The van der Waals surface area contributed by atoms with E-state index in [9.17, 15) is 0 Å². The quantitative estimate of drug-likeness (QED) is 0.646. The van der Waals surface area contributed by atoms with Gasteiger partial charge in [0.25, 0.3) is 0 Å². The second-order valence-electron chi connectivity index (χ2n) is 8.54. The lowest BCUT2D eigenvalue weighted by molar-refractivity contribution is 0.148. The fourth-order valence-electron chi connectivity index (χ4n) is 4.82. The van der Waals surface area contributed by atoms with E-state index < -0.39 is 0 Å². The first-order chi connectivity index (χ1) is 14.3. The van der Waals surface area contributed by atoms with Crippen molar-refractivity contribution in [2.45, 2.75) is 63.7 Å². The van der Waals surface area contributed by atoms with Gasteiger partial charge in [0.1, 0.15) is 5.82 Å². The number of hydrogen-bond donors (Lipinski definition) is 3. The first-order valence-electron chi connectivity index (χ1n) is 11.4. The predicted octanol–water partition coefficient (Wildman–Crippen LogP) is 2.03. The number of piperidine rings is 1. The summed E-state index contributed by atoms with van der Waals surface area (Å²) in [6.45, 7) is 6.23. The third-order valence-electron chi connectivity index (χ3n) is 6.51. The van der Waals surface area contributed by atoms with Crippen LogP contribution in [-0.4, -0.2) is 71.8 Å². The van der Waals surface area contributed by atoms with Crippen LogP contribution in [-0.2, 0) is 13.0 Å². The van der Waals surface area contributed by atoms with E-state index in [0.717, 1.165) is 69.6 Å². The Morgan fingerprint density at radius 2 is 1.97 bits per heavy atom. The van der Waals surface area contributed by atoms with Crippen LogP contribution in [0.3, 0.4) is 0 Å². The van der Waals surface area contributed by atoms with E-state index in [1.807, 2.05) is 11.8 Å². The Bertz CT molecular complexity index is 663. The van der Waals surface area contributed by atoms with Gasteiger partial charge in [-0.1, -0.05) is 12.8 Å². The van der Waals surface area contributed by atoms with Gasteiger partial charge in [0, 0.05) is 50.5 Å². The monoisotopic (exact) mass is 419 g/mol. The summed E-state index contributed by atoms with van der Waals surface area (Å²) in [4.78, 5) is 14.9. The number of nitrogens with one attached hydrogen (secondary N) is 2. The number of likely N-dealkylation sites (tertiary alicyclic amines) is 1. The normalized spacial score (nSPS) is 26.1. The summed E-state index contributed by atoms with van der Waals surface area (Å²) < 4.78 is 0. The molecular weight excluding hydrogens is 382 g/mol. The fraction of sp³-hybridized carbons (Fsp3) is 0.810. The number of aromatic nitrogens is 2. The zero-order valence-electron chi connectivity index (χ0n) is 17.8. The van der Waals surface area contributed by atoms with E-state index >= 15 is 0 Å². The van der Waals surface area contributed by atoms with Crippen LogP contribution >= 0.6 is 11.8 Å². The highest BCUT2D eigenvalue weighted by Gasteiger charge is 2.30. The van der Waals surface area contributed by atoms with Crippen LogP contribution in [0.15, 0.2) is 0 Å². The zero-order chi connectivity index (χ0) is 20.1. The molecule has 0 aliphatic carbocycles. The van der Waals surface area contributed by atoms with Crippen LogP contribution < -0.4 is 21.3 Å². The minimum atomic E-state index is 0.0267. The molecule has 2 unspecified atom stereocenters. The van der Waals surface area contributed by atoms with Gasteiger partial charge in [0.15, 0.2) is 0 Å². The van der Waals surface area contributed by atoms with Crippen molar-refractivity contribution >= 4 is 23.5 Å². The Kier molecular flexibility index (Phi) is 7.50. The highest BCUT2D eigenvalue weighted by atomic mass is 32.2. The van der Waals surface area contributed by atoms with Crippen LogP contribution in [0.1, 0.15) is 49.8 Å². The van der Waals surface area contributed by atoms with Gasteiger partial charge in [-0.2, -0.15) is 16.7 Å². The number of rotatable bonds is 6. The van der Waals surface area contributed by atoms with E-state index in [0.29, 0.717) is 0 Å². The lowest BCUT2D eigenvalue weighted by Gasteiger charge is -2.39. The molecule has 4 heterocycles. The van der Waals surface area contributed by atoms with Gasteiger partial charge < -0.3 is 21.3 Å². The molecule has 0 bridgehead atoms. The summed E-state index contributed by atoms with van der Waals surface area (Å²) in [5.74, 6) is 3.05. The molecule has 3 aliphatic rings. The van der Waals surface area contributed by atoms with Gasteiger partial charge in [0.05, 0.1) is 17.9 Å². The molecule has 0 saturated carbocycles. The highest BCUT2D eigenvalue weighted by molar-refractivity contribution is 7.98. The summed E-state index contributed by atoms with van der Waals surface area (Å²) in [7, 11) is 0. The smallest absolute Gasteiger partial charge is 0.225 e. The number of thioether (sulfide) groups is 1. The molecule has 4 rings (SSSR count). The molecule has 2 fully saturated rings. The molecule has 162 valence electrons. The molecule has 3 aliphatic heterocycles. The summed E-state index contributed by atoms with van der Waals surface area (Å²) in [5.41, 5.74) is 9.15. The van der Waals surface area contributed by atoms with Crippen molar-refractivity contribution < 1.29 is 0 Å². The number of nitrogens with zero attached hydrogens (tertiary/aromatic N) is 4. The van der Waals surface area contributed by atoms with Crippen LogP contribution in [0.25, 0.3) is 0 Å². The third kappa shape index (κ3) is 5.16. The average Bonchev–Trinajstić information content (AvgIpc) is 3.03. The summed E-state index contributed by atoms with van der Waals surface area (Å²) in [6.07, 6.45) is 10.6. The van der Waals surface area contributed by atoms with Gasteiger partial charge in [-0.25, -0.2) is 4.98 Å². The van der Waals surface area contributed by atoms with Crippen molar-refractivity contribution in [2.75, 3.05) is 54.9 Å². The highest BCUT2D eigenvalue weighted by Crippen LogP contribution is 2.28. The van der Waals surface area contributed by atoms with Crippen molar-refractivity contribution in [2.24, 2.45) is 5.73 Å². The minimum Gasteiger partial charge on any atom is -0.356 e. The molecule has 8 heteroatoms. The van der Waals surface area contributed by atoms with Gasteiger partial charge >= 0.3 is 0 Å². The van der Waals surface area contributed by atoms with E-state index in [4.69, 9.17) is 15.7 Å². The van der Waals surface area contributed by atoms with Crippen molar-refractivity contribution in [3.05, 3.63) is 11.3 Å². The molecule has 0 amide bonds. The first-order valence-corrected chi connectivity index (χ1v) is 12.8. The van der Waals surface area contributed by atoms with Gasteiger partial charge in [-0.3, -0.25) is 4.90 Å². The molecule has 0 radical (unpaired) electrons. The Hall–Kier alpha value is -1.09. The molecule has 2 saturated heterocycles. The van der Waals surface area contributed by atoms with Crippen LogP contribution in [0.5, 0.6) is 0 Å². The van der Waals surface area contributed by atoms with Gasteiger partial charge in [-0.05, 0) is 38.5 Å². The minimum absolute atomic E-state index is 0.0267. The van der Waals surface area contributed by atoms with Crippen LogP contribution in [0, 0.1) is 0 Å². The molecule has 4 N–H and O–H groups in total. The lowest BCUT2D eigenvalue weighted by atomic mass is 10.0. The first kappa shape index (κ1) is 21.2. The molecule has 0 spiro atoms. The zero-order valence-corrected chi connectivity index (χ0v) is 18.6. The Morgan fingerprint density at radius 3 is 2.76 bits per heavy atom. The average molecular weight is 420 g/mol. The number of nitrogens with two attached hydrogens (primary N) is 1. The van der Waals surface area contributed by atoms with Crippen molar-refractivity contribution in [3.63, 3.8) is 0 Å². The third-order valence-corrected chi connectivity index (χ3v) is 7.10. The molecule has 1 aromatic rings. The Labute approximate surface area is 179 Å². The second-order valence-corrected chi connectivity index (χ2v) is 9.52. The Balaban J connectivity index is 1.54. The standard InChI is InChI=1S/C21H37N7S/c1-29-14-13-27-12-6-7-18(19(27)22)25-21-24-17-8-9-23-15-16(17)20(26-21)28-10-4-2-3-5-11-28/h18-19,23H,2-15,22H2,1H3,(H,24,25,26). The second kappa shape index (κ2) is 10.3. The summed E-state index contributed by atoms with van der Waals surface area (Å²) in [6, 6.07) is 0.211. The topological polar surface area (TPSA) is 82.3 Å². The fourth-order valence-corrected chi connectivity index (χ4v) is 5.23. The number of fused-ring (bicyclic) bond motifs is 1. The maximum absolute atomic E-state index is 6.63. The van der Waals surface area contributed by atoms with Crippen LogP contribution in [0.2, 0.25) is 0 Å². The van der Waals surface area contributed by atoms with Crippen LogP contribution in [0.4, 0.5) is 11.8 Å². The molecule has 1 aromatic heterocycles. The van der Waals surface area contributed by atoms with E-state index in [1.165, 1.54) is 43.4 Å². The molecule has 2 atom stereocenters. The van der Waals surface area contributed by atoms with E-state index in [2.05, 4.69) is 26.7 Å². The molecule has 29 heavy (non-hydrogen) atoms. The summed E-state index contributed by atoms with van der Waals surface area (Å²) in [5, 5.41) is 7.15. The SMILES string of the molecule is CSCCN1CCCC(Nc2nc3c(c(N4CCCCCC4)n2)CNCC3)C1N. The van der Waals surface area contributed by atoms with Gasteiger partial charge in [-0.15, -0.1) is 0 Å². The molecular formula is C21H37N7S. The summed E-state index contributed by atoms with van der Waals surface area (Å²) >= 11 is 1.88. The van der Waals surface area contributed by atoms with E-state index in [-0.39, 0.29) is 12.2 Å². The maximum Gasteiger partial charge on any atom is 0.225 e. The Morgan fingerprint density at radius 1 is 1.14 bits per heavy atom.